The fourth-order valence-corrected chi connectivity index (χ4v) is 3.47. The Morgan fingerprint density at radius 2 is 1.71 bits per heavy atom. The van der Waals surface area contributed by atoms with Gasteiger partial charge in [0.2, 0.25) is 10.9 Å². The molecular formula is C15H13F6N3O3S. The minimum atomic E-state index is -5.51. The van der Waals surface area contributed by atoms with Crippen LogP contribution >= 0.6 is 11.3 Å². The molecule has 1 fully saturated rings. The van der Waals surface area contributed by atoms with Crippen molar-refractivity contribution in [3.8, 4) is 17.0 Å². The Labute approximate surface area is 158 Å². The van der Waals surface area contributed by atoms with Crippen molar-refractivity contribution >= 4 is 16.5 Å². The number of halogens is 6. The predicted molar refractivity (Wildman–Crippen MR) is 86.3 cm³/mol. The van der Waals surface area contributed by atoms with Crippen molar-refractivity contribution in [3.63, 3.8) is 0 Å². The van der Waals surface area contributed by atoms with E-state index in [1.807, 2.05) is 0 Å². The summed E-state index contributed by atoms with van der Waals surface area (Å²) in [5.74, 6) is 0.516. The Kier molecular flexibility index (Phi) is 4.77. The van der Waals surface area contributed by atoms with Gasteiger partial charge < -0.3 is 14.9 Å². The number of hydrogen-bond acceptors (Lipinski definition) is 7. The molecule has 28 heavy (non-hydrogen) atoms. The molecule has 0 amide bonds. The van der Waals surface area contributed by atoms with E-state index in [0.717, 1.165) is 0 Å². The van der Waals surface area contributed by atoms with Gasteiger partial charge in [0.15, 0.2) is 0 Å². The van der Waals surface area contributed by atoms with Crippen molar-refractivity contribution in [3.05, 3.63) is 29.6 Å². The number of anilines is 1. The van der Waals surface area contributed by atoms with Crippen molar-refractivity contribution in [1.82, 2.24) is 10.4 Å². The second-order valence-corrected chi connectivity index (χ2v) is 6.88. The van der Waals surface area contributed by atoms with Crippen LogP contribution < -0.4 is 15.2 Å². The fourth-order valence-electron chi connectivity index (χ4n) is 2.61. The smallest absolute Gasteiger partial charge is 0.438 e. The van der Waals surface area contributed by atoms with E-state index in [4.69, 9.17) is 4.74 Å². The molecule has 0 unspecified atom stereocenters. The van der Waals surface area contributed by atoms with Crippen molar-refractivity contribution in [1.29, 1.82) is 0 Å². The molecule has 1 aliphatic heterocycles. The highest BCUT2D eigenvalue weighted by Crippen LogP contribution is 2.49. The summed E-state index contributed by atoms with van der Waals surface area (Å²) in [4.78, 5) is 3.88. The van der Waals surface area contributed by atoms with E-state index in [2.05, 4.69) is 4.98 Å². The number of aromatic nitrogens is 1. The largest absolute Gasteiger partial charge is 0.497 e. The standard InChI is InChI=1S/C15H13F6N3O3S/c1-27-9-4-2-8(3-5-9)10-6-28-11(22-10)24-13(26,15(19,20)21)7-12(25,23-24)14(16,17)18/h2-6,23,25-26H,7H2,1H3/t12-,13+/m1/s1. The van der Waals surface area contributed by atoms with E-state index in [1.165, 1.54) is 17.9 Å². The first-order valence-electron chi connectivity index (χ1n) is 7.57. The molecule has 1 aromatic heterocycles. The number of hydrogen-bond donors (Lipinski definition) is 3. The van der Waals surface area contributed by atoms with Gasteiger partial charge in [0.05, 0.1) is 19.2 Å². The van der Waals surface area contributed by atoms with E-state index in [1.54, 1.807) is 24.3 Å². The van der Waals surface area contributed by atoms with E-state index in [9.17, 15) is 36.6 Å². The molecule has 6 nitrogen and oxygen atoms in total. The van der Waals surface area contributed by atoms with Crippen LogP contribution in [0, 0.1) is 0 Å². The van der Waals surface area contributed by atoms with Gasteiger partial charge in [-0.15, -0.1) is 11.3 Å². The van der Waals surface area contributed by atoms with Gasteiger partial charge in [-0.25, -0.2) is 9.99 Å². The van der Waals surface area contributed by atoms with Crippen LogP contribution in [0.4, 0.5) is 31.5 Å². The maximum Gasteiger partial charge on any atom is 0.438 e. The third-order valence-corrected chi connectivity index (χ3v) is 4.99. The zero-order chi connectivity index (χ0) is 21.0. The second-order valence-electron chi connectivity index (χ2n) is 6.04. The number of rotatable bonds is 3. The topological polar surface area (TPSA) is 77.9 Å². The molecule has 0 aliphatic carbocycles. The molecule has 0 spiro atoms. The van der Waals surface area contributed by atoms with Crippen LogP contribution in [-0.2, 0) is 0 Å². The Morgan fingerprint density at radius 3 is 2.21 bits per heavy atom. The van der Waals surface area contributed by atoms with Crippen LogP contribution in [0.1, 0.15) is 6.42 Å². The number of hydrazine groups is 1. The van der Waals surface area contributed by atoms with Crippen LogP contribution in [-0.4, -0.2) is 46.1 Å². The zero-order valence-corrected chi connectivity index (χ0v) is 14.8. The lowest BCUT2D eigenvalue weighted by Crippen LogP contribution is -2.59. The molecule has 2 atom stereocenters. The first-order chi connectivity index (χ1) is 12.8. The molecule has 0 saturated carbocycles. The minimum absolute atomic E-state index is 0.163. The SMILES string of the molecule is COc1ccc(-c2csc(N3N[C@](O)(C(F)(F)F)C[C@]3(O)C(F)(F)F)n2)cc1. The van der Waals surface area contributed by atoms with Crippen LogP contribution in [0.25, 0.3) is 11.3 Å². The lowest BCUT2D eigenvalue weighted by atomic mass is 10.0. The van der Waals surface area contributed by atoms with Crippen molar-refractivity contribution < 1.29 is 41.3 Å². The lowest BCUT2D eigenvalue weighted by molar-refractivity contribution is -0.291. The van der Waals surface area contributed by atoms with Crippen molar-refractivity contribution in [2.45, 2.75) is 30.2 Å². The van der Waals surface area contributed by atoms with Crippen molar-refractivity contribution in [2.75, 3.05) is 12.1 Å². The summed E-state index contributed by atoms with van der Waals surface area (Å²) in [7, 11) is 1.44. The summed E-state index contributed by atoms with van der Waals surface area (Å²) in [6.45, 7) is 0. The van der Waals surface area contributed by atoms with E-state index in [0.29, 0.717) is 22.6 Å². The first-order valence-corrected chi connectivity index (χ1v) is 8.45. The summed E-state index contributed by atoms with van der Waals surface area (Å²) in [6.07, 6.45) is -13.1. The summed E-state index contributed by atoms with van der Waals surface area (Å²) in [5, 5.41) is 20.2. The lowest BCUT2D eigenvalue weighted by Gasteiger charge is -2.33. The zero-order valence-electron chi connectivity index (χ0n) is 14.0. The highest BCUT2D eigenvalue weighted by atomic mass is 32.1. The number of ether oxygens (including phenoxy) is 1. The highest BCUT2D eigenvalue weighted by Gasteiger charge is 2.73. The third kappa shape index (κ3) is 3.27. The summed E-state index contributed by atoms with van der Waals surface area (Å²) < 4.78 is 84.3. The van der Waals surface area contributed by atoms with Crippen LogP contribution in [0.2, 0.25) is 0 Å². The summed E-state index contributed by atoms with van der Waals surface area (Å²) >= 11 is 0.564. The molecular weight excluding hydrogens is 416 g/mol. The molecule has 154 valence electrons. The molecule has 2 aromatic rings. The average molecular weight is 429 g/mol. The molecule has 2 heterocycles. The second kappa shape index (κ2) is 6.47. The number of benzene rings is 1. The average Bonchev–Trinajstić information content (AvgIpc) is 3.17. The quantitative estimate of drug-likeness (QED) is 0.652. The number of aliphatic hydroxyl groups is 2. The van der Waals surface area contributed by atoms with Gasteiger partial charge in [0, 0.05) is 10.9 Å². The highest BCUT2D eigenvalue weighted by molar-refractivity contribution is 7.14. The van der Waals surface area contributed by atoms with Crippen LogP contribution in [0.5, 0.6) is 5.75 Å². The Balaban J connectivity index is 1.99. The number of nitrogens with zero attached hydrogens (tertiary/aromatic N) is 2. The molecule has 0 bridgehead atoms. The normalized spacial score (nSPS) is 26.0. The number of alkyl halides is 6. The molecule has 1 aromatic carbocycles. The predicted octanol–water partition coefficient (Wildman–Crippen LogP) is 3.04. The summed E-state index contributed by atoms with van der Waals surface area (Å²) in [5.41, 5.74) is -6.05. The van der Waals surface area contributed by atoms with Gasteiger partial charge in [-0.2, -0.15) is 31.8 Å². The van der Waals surface area contributed by atoms with E-state index >= 15 is 0 Å². The van der Waals surface area contributed by atoms with Crippen LogP contribution in [0.15, 0.2) is 29.6 Å². The van der Waals surface area contributed by atoms with Gasteiger partial charge in [-0.05, 0) is 24.3 Å². The molecule has 13 heteroatoms. The molecule has 3 rings (SSSR count). The van der Waals surface area contributed by atoms with Gasteiger partial charge in [-0.1, -0.05) is 0 Å². The third-order valence-electron chi connectivity index (χ3n) is 4.16. The minimum Gasteiger partial charge on any atom is -0.497 e. The molecule has 3 N–H and O–H groups in total. The van der Waals surface area contributed by atoms with E-state index < -0.39 is 35.4 Å². The summed E-state index contributed by atoms with van der Waals surface area (Å²) in [6, 6.07) is 6.24. The Morgan fingerprint density at radius 1 is 1.11 bits per heavy atom. The maximum atomic E-state index is 13.4. The number of nitrogens with one attached hydrogen (secondary N) is 1. The molecule has 0 radical (unpaired) electrons. The first kappa shape index (κ1) is 20.6. The Bertz CT molecular complexity index is 856. The molecule has 1 saturated heterocycles. The van der Waals surface area contributed by atoms with Gasteiger partial charge in [0.25, 0.3) is 5.72 Å². The van der Waals surface area contributed by atoms with Gasteiger partial charge in [0.1, 0.15) is 5.75 Å². The molecule has 1 aliphatic rings. The Hall–Kier alpha value is -2.09. The fraction of sp³-hybridized carbons (Fsp3) is 0.400. The number of thiazole rings is 1. The number of methoxy groups -OCH3 is 1. The van der Waals surface area contributed by atoms with Crippen LogP contribution in [0.3, 0.4) is 0 Å². The van der Waals surface area contributed by atoms with E-state index in [-0.39, 0.29) is 10.7 Å². The van der Waals surface area contributed by atoms with Gasteiger partial charge in [-0.3, -0.25) is 0 Å². The monoisotopic (exact) mass is 429 g/mol. The van der Waals surface area contributed by atoms with Crippen molar-refractivity contribution in [2.24, 2.45) is 0 Å². The van der Waals surface area contributed by atoms with Gasteiger partial charge >= 0.3 is 12.4 Å². The maximum absolute atomic E-state index is 13.4.